The topological polar surface area (TPSA) is 30.5 Å². The minimum atomic E-state index is 0.640. The monoisotopic (exact) mass is 345 g/mol. The zero-order chi connectivity index (χ0) is 13.7. The molecule has 1 aliphatic rings. The normalized spacial score (nSPS) is 16.4. The molecule has 1 saturated heterocycles. The summed E-state index contributed by atoms with van der Waals surface area (Å²) in [6, 6.07) is 4.64. The molecule has 0 amide bonds. The molecule has 0 saturated carbocycles. The van der Waals surface area contributed by atoms with E-state index in [4.69, 9.17) is 9.47 Å². The predicted molar refractivity (Wildman–Crippen MR) is 84.4 cm³/mol. The van der Waals surface area contributed by atoms with Crippen molar-refractivity contribution in [3.05, 3.63) is 22.2 Å². The van der Waals surface area contributed by atoms with Crippen LogP contribution >= 0.6 is 27.7 Å². The Kier molecular flexibility index (Phi) is 5.85. The molecule has 1 aromatic rings. The molecule has 5 heteroatoms. The van der Waals surface area contributed by atoms with Crippen molar-refractivity contribution in [1.82, 2.24) is 5.32 Å². The minimum absolute atomic E-state index is 0.640. The number of halogens is 1. The largest absolute Gasteiger partial charge is 0.493 e. The second-order valence-electron chi connectivity index (χ2n) is 4.57. The first kappa shape index (κ1) is 15.0. The number of hydrogen-bond acceptors (Lipinski definition) is 4. The van der Waals surface area contributed by atoms with Gasteiger partial charge >= 0.3 is 0 Å². The van der Waals surface area contributed by atoms with Gasteiger partial charge in [0.05, 0.1) is 14.2 Å². The maximum atomic E-state index is 5.35. The molecule has 106 valence electrons. The fourth-order valence-electron chi connectivity index (χ4n) is 2.19. The molecular weight excluding hydrogens is 326 g/mol. The Bertz CT molecular complexity index is 422. The average molecular weight is 346 g/mol. The van der Waals surface area contributed by atoms with Gasteiger partial charge in [-0.1, -0.05) is 15.9 Å². The van der Waals surface area contributed by atoms with E-state index in [1.54, 1.807) is 14.2 Å². The molecule has 0 aliphatic carbocycles. The SMILES string of the molecule is COc1cc(Br)c(CNC2CCSCC2)cc1OC. The van der Waals surface area contributed by atoms with E-state index in [0.29, 0.717) is 6.04 Å². The van der Waals surface area contributed by atoms with Crippen molar-refractivity contribution in [2.24, 2.45) is 0 Å². The van der Waals surface area contributed by atoms with Crippen LogP contribution in [-0.4, -0.2) is 31.8 Å². The van der Waals surface area contributed by atoms with Crippen molar-refractivity contribution < 1.29 is 9.47 Å². The van der Waals surface area contributed by atoms with E-state index in [9.17, 15) is 0 Å². The number of ether oxygens (including phenoxy) is 2. The third-order valence-electron chi connectivity index (χ3n) is 3.36. The van der Waals surface area contributed by atoms with Gasteiger partial charge < -0.3 is 14.8 Å². The quantitative estimate of drug-likeness (QED) is 0.885. The van der Waals surface area contributed by atoms with Crippen molar-refractivity contribution in [2.45, 2.75) is 25.4 Å². The van der Waals surface area contributed by atoms with Gasteiger partial charge in [-0.3, -0.25) is 0 Å². The Balaban J connectivity index is 2.02. The molecule has 2 rings (SSSR count). The van der Waals surface area contributed by atoms with Crippen molar-refractivity contribution in [3.63, 3.8) is 0 Å². The summed E-state index contributed by atoms with van der Waals surface area (Å²) < 4.78 is 11.7. The Labute approximate surface area is 127 Å². The van der Waals surface area contributed by atoms with Crippen LogP contribution in [0, 0.1) is 0 Å². The number of nitrogens with one attached hydrogen (secondary N) is 1. The lowest BCUT2D eigenvalue weighted by Crippen LogP contribution is -2.32. The maximum absolute atomic E-state index is 5.35. The van der Waals surface area contributed by atoms with E-state index in [2.05, 4.69) is 21.2 Å². The van der Waals surface area contributed by atoms with Gasteiger partial charge in [0.1, 0.15) is 0 Å². The first-order valence-corrected chi connectivity index (χ1v) is 8.41. The highest BCUT2D eigenvalue weighted by molar-refractivity contribution is 9.10. The van der Waals surface area contributed by atoms with Crippen LogP contribution in [0.2, 0.25) is 0 Å². The Morgan fingerprint density at radius 2 is 1.84 bits per heavy atom. The minimum Gasteiger partial charge on any atom is -0.493 e. The fraction of sp³-hybridized carbons (Fsp3) is 0.571. The standard InChI is InChI=1S/C14H20BrNO2S/c1-17-13-7-10(12(15)8-14(13)18-2)9-16-11-3-5-19-6-4-11/h7-8,11,16H,3-6,9H2,1-2H3. The van der Waals surface area contributed by atoms with Gasteiger partial charge in [-0.25, -0.2) is 0 Å². The van der Waals surface area contributed by atoms with Gasteiger partial charge in [0.25, 0.3) is 0 Å². The molecule has 0 bridgehead atoms. The molecule has 1 aliphatic heterocycles. The summed E-state index contributed by atoms with van der Waals surface area (Å²) in [4.78, 5) is 0. The van der Waals surface area contributed by atoms with Crippen molar-refractivity contribution >= 4 is 27.7 Å². The summed E-state index contributed by atoms with van der Waals surface area (Å²) in [6.07, 6.45) is 2.52. The van der Waals surface area contributed by atoms with Crippen molar-refractivity contribution in [3.8, 4) is 11.5 Å². The summed E-state index contributed by atoms with van der Waals surface area (Å²) in [5.74, 6) is 4.07. The number of methoxy groups -OCH3 is 2. The van der Waals surface area contributed by atoms with E-state index in [0.717, 1.165) is 22.5 Å². The molecule has 0 spiro atoms. The van der Waals surface area contributed by atoms with Gasteiger partial charge in [-0.2, -0.15) is 11.8 Å². The molecule has 1 aromatic carbocycles. The Hall–Kier alpha value is -0.390. The second-order valence-corrected chi connectivity index (χ2v) is 6.65. The third-order valence-corrected chi connectivity index (χ3v) is 5.14. The first-order valence-electron chi connectivity index (χ1n) is 6.46. The lowest BCUT2D eigenvalue weighted by Gasteiger charge is -2.23. The molecule has 3 nitrogen and oxygen atoms in total. The molecule has 1 heterocycles. The first-order chi connectivity index (χ1) is 9.24. The van der Waals surface area contributed by atoms with Crippen LogP contribution in [0.3, 0.4) is 0 Å². The van der Waals surface area contributed by atoms with Crippen LogP contribution in [-0.2, 0) is 6.54 Å². The number of benzene rings is 1. The van der Waals surface area contributed by atoms with Gasteiger partial charge in [-0.05, 0) is 42.0 Å². The molecule has 0 aromatic heterocycles. The fourth-order valence-corrected chi connectivity index (χ4v) is 3.76. The number of rotatable bonds is 5. The third kappa shape index (κ3) is 4.04. The van der Waals surface area contributed by atoms with E-state index in [-0.39, 0.29) is 0 Å². The summed E-state index contributed by atoms with van der Waals surface area (Å²) in [6.45, 7) is 0.857. The maximum Gasteiger partial charge on any atom is 0.161 e. The summed E-state index contributed by atoms with van der Waals surface area (Å²) in [7, 11) is 3.32. The molecule has 0 radical (unpaired) electrons. The van der Waals surface area contributed by atoms with Crippen LogP contribution in [0.25, 0.3) is 0 Å². The van der Waals surface area contributed by atoms with Gasteiger partial charge in [0.2, 0.25) is 0 Å². The molecule has 1 fully saturated rings. The Morgan fingerprint density at radius 1 is 1.21 bits per heavy atom. The molecule has 19 heavy (non-hydrogen) atoms. The van der Waals surface area contributed by atoms with Crippen LogP contribution in [0.5, 0.6) is 11.5 Å². The van der Waals surface area contributed by atoms with E-state index in [1.165, 1.54) is 29.9 Å². The highest BCUT2D eigenvalue weighted by Gasteiger charge is 2.14. The zero-order valence-electron chi connectivity index (χ0n) is 11.4. The number of hydrogen-bond donors (Lipinski definition) is 1. The van der Waals surface area contributed by atoms with E-state index >= 15 is 0 Å². The molecule has 0 atom stereocenters. The number of thioether (sulfide) groups is 1. The summed E-state index contributed by atoms with van der Waals surface area (Å²) >= 11 is 5.65. The summed E-state index contributed by atoms with van der Waals surface area (Å²) in [5.41, 5.74) is 1.20. The van der Waals surface area contributed by atoms with Crippen LogP contribution in [0.4, 0.5) is 0 Å². The van der Waals surface area contributed by atoms with E-state index < -0.39 is 0 Å². The van der Waals surface area contributed by atoms with Crippen LogP contribution in [0.15, 0.2) is 16.6 Å². The van der Waals surface area contributed by atoms with E-state index in [1.807, 2.05) is 23.9 Å². The van der Waals surface area contributed by atoms with Gasteiger partial charge in [0, 0.05) is 17.1 Å². The van der Waals surface area contributed by atoms with Crippen molar-refractivity contribution in [2.75, 3.05) is 25.7 Å². The highest BCUT2D eigenvalue weighted by atomic mass is 79.9. The average Bonchev–Trinajstić information content (AvgIpc) is 2.46. The zero-order valence-corrected chi connectivity index (χ0v) is 13.8. The Morgan fingerprint density at radius 3 is 2.47 bits per heavy atom. The second kappa shape index (κ2) is 7.41. The molecular formula is C14H20BrNO2S. The van der Waals surface area contributed by atoms with Gasteiger partial charge in [0.15, 0.2) is 11.5 Å². The summed E-state index contributed by atoms with van der Waals surface area (Å²) in [5, 5.41) is 3.63. The molecule has 1 N–H and O–H groups in total. The highest BCUT2D eigenvalue weighted by Crippen LogP contribution is 2.33. The lowest BCUT2D eigenvalue weighted by atomic mass is 10.1. The van der Waals surface area contributed by atoms with Crippen LogP contribution in [0.1, 0.15) is 18.4 Å². The smallest absolute Gasteiger partial charge is 0.161 e. The molecule has 0 unspecified atom stereocenters. The predicted octanol–water partition coefficient (Wildman–Crippen LogP) is 3.45. The lowest BCUT2D eigenvalue weighted by molar-refractivity contribution is 0.354. The van der Waals surface area contributed by atoms with Gasteiger partial charge in [-0.15, -0.1) is 0 Å². The van der Waals surface area contributed by atoms with Crippen molar-refractivity contribution in [1.29, 1.82) is 0 Å². The van der Waals surface area contributed by atoms with Crippen LogP contribution < -0.4 is 14.8 Å².